The minimum Gasteiger partial charge on any atom is -0.462 e. The summed E-state index contributed by atoms with van der Waals surface area (Å²) in [7, 11) is 0. The van der Waals surface area contributed by atoms with Gasteiger partial charge < -0.3 is 14.6 Å². The number of anilines is 1. The molecule has 0 saturated heterocycles. The summed E-state index contributed by atoms with van der Waals surface area (Å²) in [5.74, 6) is -0.365. The molecule has 0 radical (unpaired) electrons. The number of ether oxygens (including phenoxy) is 1. The lowest BCUT2D eigenvalue weighted by Gasteiger charge is -2.09. The third-order valence-corrected chi connectivity index (χ3v) is 5.51. The molecular weight excluding hydrogens is 446 g/mol. The van der Waals surface area contributed by atoms with Gasteiger partial charge in [0.25, 0.3) is 5.56 Å². The first-order chi connectivity index (χ1) is 17.0. The average Bonchev–Trinajstić information content (AvgIpc) is 3.19. The molecule has 0 fully saturated rings. The first-order valence-electron chi connectivity index (χ1n) is 11.0. The van der Waals surface area contributed by atoms with Crippen LogP contribution in [-0.4, -0.2) is 37.4 Å². The molecule has 3 heterocycles. The molecule has 0 atom stereocenters. The van der Waals surface area contributed by atoms with Crippen LogP contribution in [0.5, 0.6) is 0 Å². The molecular formula is C26H21N5O4. The molecule has 0 unspecified atom stereocenters. The van der Waals surface area contributed by atoms with Gasteiger partial charge in [-0.3, -0.25) is 14.6 Å². The number of nitrogens with zero attached hydrogens (tertiary/aromatic N) is 4. The van der Waals surface area contributed by atoms with Crippen molar-refractivity contribution in [1.29, 1.82) is 0 Å². The second-order valence-corrected chi connectivity index (χ2v) is 7.77. The van der Waals surface area contributed by atoms with Crippen molar-refractivity contribution in [1.82, 2.24) is 18.9 Å². The molecule has 5 aromatic rings. The van der Waals surface area contributed by atoms with Crippen molar-refractivity contribution in [3.05, 3.63) is 95.0 Å². The summed E-state index contributed by atoms with van der Waals surface area (Å²) in [6.07, 6.45) is 3.27. The maximum Gasteiger partial charge on any atom is 0.338 e. The van der Waals surface area contributed by atoms with E-state index in [2.05, 4.69) is 10.3 Å². The number of carbonyl (C=O) groups is 2. The number of para-hydroxylation sites is 2. The number of imidazole rings is 1. The highest BCUT2D eigenvalue weighted by molar-refractivity contribution is 5.94. The molecule has 35 heavy (non-hydrogen) atoms. The van der Waals surface area contributed by atoms with Crippen molar-refractivity contribution < 1.29 is 14.3 Å². The number of hydrogen-bond acceptors (Lipinski definition) is 6. The number of rotatable bonds is 6. The van der Waals surface area contributed by atoms with Gasteiger partial charge in [0.15, 0.2) is 0 Å². The van der Waals surface area contributed by atoms with Gasteiger partial charge in [-0.1, -0.05) is 12.1 Å². The third kappa shape index (κ3) is 4.26. The molecule has 1 N–H and O–H groups in total. The van der Waals surface area contributed by atoms with Gasteiger partial charge in [-0.15, -0.1) is 0 Å². The fraction of sp³-hybridized carbons (Fsp3) is 0.115. The van der Waals surface area contributed by atoms with E-state index in [0.717, 1.165) is 5.56 Å². The number of amides is 1. The van der Waals surface area contributed by atoms with E-state index in [1.54, 1.807) is 60.3 Å². The van der Waals surface area contributed by atoms with Crippen LogP contribution in [0.3, 0.4) is 0 Å². The molecule has 5 rings (SSSR count). The first kappa shape index (κ1) is 22.0. The first-order valence-corrected chi connectivity index (χ1v) is 11.0. The Morgan fingerprint density at radius 1 is 0.971 bits per heavy atom. The number of pyridine rings is 1. The third-order valence-electron chi connectivity index (χ3n) is 5.51. The van der Waals surface area contributed by atoms with E-state index >= 15 is 0 Å². The Bertz CT molecular complexity index is 1600. The van der Waals surface area contributed by atoms with Gasteiger partial charge in [0, 0.05) is 29.7 Å². The molecule has 174 valence electrons. The molecule has 9 heteroatoms. The highest BCUT2D eigenvalue weighted by atomic mass is 16.5. The summed E-state index contributed by atoms with van der Waals surface area (Å²) >= 11 is 0. The van der Waals surface area contributed by atoms with Gasteiger partial charge in [-0.2, -0.15) is 0 Å². The van der Waals surface area contributed by atoms with Crippen LogP contribution >= 0.6 is 0 Å². The second-order valence-electron chi connectivity index (χ2n) is 7.77. The summed E-state index contributed by atoms with van der Waals surface area (Å²) < 4.78 is 8.20. The largest absolute Gasteiger partial charge is 0.462 e. The van der Waals surface area contributed by atoms with Gasteiger partial charge >= 0.3 is 5.97 Å². The standard InChI is InChI=1S/C26H21N5O4/c1-2-35-25(34)18-7-9-19(10-8-18)28-23(32)16-30-21-5-3-4-6-22(21)31-24(33)15-20(29-26(30)31)17-11-13-27-14-12-17/h3-15H,2,16H2,1H3,(H,28,32). The van der Waals surface area contributed by atoms with E-state index in [0.29, 0.717) is 33.8 Å². The Morgan fingerprint density at radius 2 is 1.69 bits per heavy atom. The average molecular weight is 467 g/mol. The lowest BCUT2D eigenvalue weighted by Crippen LogP contribution is -2.20. The van der Waals surface area contributed by atoms with Crippen molar-refractivity contribution in [2.45, 2.75) is 13.5 Å². The van der Waals surface area contributed by atoms with Gasteiger partial charge in [-0.05, 0) is 55.5 Å². The van der Waals surface area contributed by atoms with E-state index < -0.39 is 5.97 Å². The maximum absolute atomic E-state index is 13.1. The van der Waals surface area contributed by atoms with Gasteiger partial charge in [-0.25, -0.2) is 14.2 Å². The van der Waals surface area contributed by atoms with Gasteiger partial charge in [0.05, 0.1) is 28.9 Å². The normalized spacial score (nSPS) is 11.0. The number of nitrogens with one attached hydrogen (secondary N) is 1. The summed E-state index contributed by atoms with van der Waals surface area (Å²) in [5, 5.41) is 2.83. The Hall–Kier alpha value is -4.79. The molecule has 0 aliphatic carbocycles. The molecule has 0 saturated carbocycles. The fourth-order valence-corrected chi connectivity index (χ4v) is 3.94. The van der Waals surface area contributed by atoms with Crippen molar-refractivity contribution >= 4 is 34.4 Å². The lowest BCUT2D eigenvalue weighted by molar-refractivity contribution is -0.116. The van der Waals surface area contributed by atoms with E-state index in [-0.39, 0.29) is 24.6 Å². The van der Waals surface area contributed by atoms with Gasteiger partial charge in [0.2, 0.25) is 11.7 Å². The zero-order valence-corrected chi connectivity index (χ0v) is 18.8. The number of aromatic nitrogens is 4. The predicted octanol–water partition coefficient (Wildman–Crippen LogP) is 3.53. The van der Waals surface area contributed by atoms with E-state index in [1.807, 2.05) is 24.3 Å². The summed E-state index contributed by atoms with van der Waals surface area (Å²) in [4.78, 5) is 46.6. The second kappa shape index (κ2) is 9.22. The Morgan fingerprint density at radius 3 is 2.40 bits per heavy atom. The number of carbonyl (C=O) groups excluding carboxylic acids is 2. The summed E-state index contributed by atoms with van der Waals surface area (Å²) in [6, 6.07) is 18.8. The van der Waals surface area contributed by atoms with Crippen LogP contribution in [0.25, 0.3) is 28.1 Å². The Balaban J connectivity index is 1.50. The predicted molar refractivity (Wildman–Crippen MR) is 131 cm³/mol. The number of benzene rings is 2. The van der Waals surface area contributed by atoms with E-state index in [4.69, 9.17) is 9.72 Å². The SMILES string of the molecule is CCOC(=O)c1ccc(NC(=O)Cn2c3ccccc3n3c(=O)cc(-c4ccncc4)nc23)cc1. The fourth-order valence-electron chi connectivity index (χ4n) is 3.94. The van der Waals surface area contributed by atoms with Crippen molar-refractivity contribution in [2.75, 3.05) is 11.9 Å². The quantitative estimate of drug-likeness (QED) is 0.383. The van der Waals surface area contributed by atoms with Crippen LogP contribution < -0.4 is 10.9 Å². The van der Waals surface area contributed by atoms with Crippen molar-refractivity contribution in [2.24, 2.45) is 0 Å². The minimum atomic E-state index is -0.419. The van der Waals surface area contributed by atoms with Crippen LogP contribution in [0, 0.1) is 0 Å². The number of fused-ring (bicyclic) bond motifs is 3. The van der Waals surface area contributed by atoms with Crippen molar-refractivity contribution in [3.63, 3.8) is 0 Å². The molecule has 2 aromatic carbocycles. The number of hydrogen-bond donors (Lipinski definition) is 1. The van der Waals surface area contributed by atoms with Crippen LogP contribution in [0.15, 0.2) is 83.9 Å². The smallest absolute Gasteiger partial charge is 0.338 e. The molecule has 0 aliphatic heterocycles. The summed E-state index contributed by atoms with van der Waals surface area (Å²) in [6.45, 7) is 1.96. The molecule has 9 nitrogen and oxygen atoms in total. The van der Waals surface area contributed by atoms with Crippen LogP contribution in [0.1, 0.15) is 17.3 Å². The van der Waals surface area contributed by atoms with Gasteiger partial charge in [0.1, 0.15) is 6.54 Å². The number of esters is 1. The minimum absolute atomic E-state index is 0.0666. The Kier molecular flexibility index (Phi) is 5.80. The highest BCUT2D eigenvalue weighted by Gasteiger charge is 2.17. The molecule has 0 aliphatic rings. The monoisotopic (exact) mass is 467 g/mol. The van der Waals surface area contributed by atoms with Crippen molar-refractivity contribution in [3.8, 4) is 11.3 Å². The lowest BCUT2D eigenvalue weighted by atomic mass is 10.2. The Labute approximate surface area is 199 Å². The highest BCUT2D eigenvalue weighted by Crippen LogP contribution is 2.22. The van der Waals surface area contributed by atoms with E-state index in [9.17, 15) is 14.4 Å². The van der Waals surface area contributed by atoms with Crippen LogP contribution in [0.2, 0.25) is 0 Å². The molecule has 1 amide bonds. The molecule has 3 aromatic heterocycles. The molecule has 0 bridgehead atoms. The zero-order valence-electron chi connectivity index (χ0n) is 18.8. The van der Waals surface area contributed by atoms with Crippen LogP contribution in [0.4, 0.5) is 5.69 Å². The van der Waals surface area contributed by atoms with Crippen LogP contribution in [-0.2, 0) is 16.1 Å². The topological polar surface area (TPSA) is 108 Å². The summed E-state index contributed by atoms with van der Waals surface area (Å²) in [5.41, 5.74) is 3.31. The zero-order chi connectivity index (χ0) is 24.4. The van der Waals surface area contributed by atoms with E-state index in [1.165, 1.54) is 10.5 Å². The maximum atomic E-state index is 13.1. The molecule has 0 spiro atoms.